The monoisotopic (exact) mass is 462 g/mol. The van der Waals surface area contributed by atoms with E-state index in [0.717, 1.165) is 0 Å². The van der Waals surface area contributed by atoms with E-state index in [4.69, 9.17) is 4.74 Å². The smallest absolute Gasteiger partial charge is 0.238 e. The predicted octanol–water partition coefficient (Wildman–Crippen LogP) is 6.03. The zero-order valence-corrected chi connectivity index (χ0v) is 16.9. The first-order valence-electron chi connectivity index (χ1n) is 8.23. The van der Waals surface area contributed by atoms with Crippen LogP contribution in [0.2, 0.25) is 0 Å². The molecule has 3 nitrogen and oxygen atoms in total. The normalized spacial score (nSPS) is 11.9. The maximum atomic E-state index is 13.8. The molecule has 0 saturated heterocycles. The van der Waals surface area contributed by atoms with Crippen molar-refractivity contribution in [1.82, 2.24) is 0 Å². The van der Waals surface area contributed by atoms with Gasteiger partial charge in [0.2, 0.25) is 8.27 Å². The van der Waals surface area contributed by atoms with Gasteiger partial charge in [0, 0.05) is 11.1 Å². The number of hydrogen-bond donors (Lipinski definition) is 0. The highest BCUT2D eigenvalue weighted by atomic mass is 79.9. The minimum absolute atomic E-state index is 0.0155. The summed E-state index contributed by atoms with van der Waals surface area (Å²) in [5.74, 6) is -0.412. The van der Waals surface area contributed by atoms with Crippen LogP contribution in [0.1, 0.15) is 0 Å². The van der Waals surface area contributed by atoms with Gasteiger partial charge < -0.3 is 4.74 Å². The Morgan fingerprint density at radius 2 is 1.32 bits per heavy atom. The maximum absolute atomic E-state index is 13.8. The summed E-state index contributed by atoms with van der Waals surface area (Å²) >= 11 is 2.75. The molecule has 0 aliphatic heterocycles. The third kappa shape index (κ3) is 3.14. The Labute approximate surface area is 167 Å². The maximum Gasteiger partial charge on any atom is 0.238 e. The molecule has 142 valence electrons. The van der Waals surface area contributed by atoms with Crippen molar-refractivity contribution in [3.05, 3.63) is 72.3 Å². The van der Waals surface area contributed by atoms with E-state index >= 15 is 0 Å². The highest BCUT2D eigenvalue weighted by molar-refractivity contribution is 9.47. The van der Waals surface area contributed by atoms with E-state index in [1.807, 2.05) is 0 Å². The van der Waals surface area contributed by atoms with E-state index in [2.05, 4.69) is 14.8 Å². The zero-order chi connectivity index (χ0) is 20.1. The van der Waals surface area contributed by atoms with Gasteiger partial charge in [0.05, 0.1) is 26.8 Å². The van der Waals surface area contributed by atoms with Gasteiger partial charge in [-0.25, -0.2) is 17.2 Å². The summed E-state index contributed by atoms with van der Waals surface area (Å²) in [6.07, 6.45) is 0. The van der Waals surface area contributed by atoms with Crippen LogP contribution < -0.4 is 4.74 Å². The van der Waals surface area contributed by atoms with E-state index in [0.29, 0.717) is 38.4 Å². The van der Waals surface area contributed by atoms with Crippen molar-refractivity contribution in [2.24, 2.45) is 0 Å². The molecule has 0 radical (unpaired) electrons. The lowest BCUT2D eigenvalue weighted by Gasteiger charge is -2.17. The lowest BCUT2D eigenvalue weighted by molar-refractivity contribution is 0.417. The van der Waals surface area contributed by atoms with E-state index in [1.54, 1.807) is 24.3 Å². The minimum atomic E-state index is -3.80. The van der Waals surface area contributed by atoms with Crippen LogP contribution in [0.4, 0.5) is 8.78 Å². The van der Waals surface area contributed by atoms with E-state index in [9.17, 15) is 17.2 Å². The predicted molar refractivity (Wildman–Crippen MR) is 109 cm³/mol. The van der Waals surface area contributed by atoms with Gasteiger partial charge in [-0.05, 0) is 57.9 Å². The Bertz CT molecular complexity index is 1350. The molecule has 0 N–H and O–H groups in total. The Balaban J connectivity index is 2.26. The van der Waals surface area contributed by atoms with Crippen LogP contribution in [-0.2, 0) is 8.27 Å². The van der Waals surface area contributed by atoms with Crippen molar-refractivity contribution >= 4 is 44.6 Å². The fourth-order valence-electron chi connectivity index (χ4n) is 3.45. The highest BCUT2D eigenvalue weighted by Gasteiger charge is 2.23. The zero-order valence-electron chi connectivity index (χ0n) is 14.5. The van der Waals surface area contributed by atoms with Crippen molar-refractivity contribution in [1.29, 1.82) is 0 Å². The highest BCUT2D eigenvalue weighted by Crippen LogP contribution is 2.44. The standard InChI is InChI=1S/C21H13BrF2O3S/c1-27-18-8-2-12-10-14(23)4-6-16(12)20(18)21-17-7-5-15(24)11-13(17)3-9-19(21)28(22,25)26/h2-11H,1H3. The summed E-state index contributed by atoms with van der Waals surface area (Å²) in [5, 5.41) is 2.29. The number of benzene rings is 4. The fraction of sp³-hybridized carbons (Fsp3) is 0.0476. The summed E-state index contributed by atoms with van der Waals surface area (Å²) in [7, 11) is -2.32. The van der Waals surface area contributed by atoms with Crippen molar-refractivity contribution < 1.29 is 21.9 Å². The molecule has 0 aliphatic rings. The Morgan fingerprint density at radius 1 is 0.786 bits per heavy atom. The number of fused-ring (bicyclic) bond motifs is 2. The molecule has 0 heterocycles. The van der Waals surface area contributed by atoms with E-state index in [-0.39, 0.29) is 4.90 Å². The average molecular weight is 463 g/mol. The summed E-state index contributed by atoms with van der Waals surface area (Å²) in [4.78, 5) is 0.0155. The van der Waals surface area contributed by atoms with Crippen molar-refractivity contribution in [2.45, 2.75) is 4.90 Å². The molecule has 4 rings (SSSR count). The molecule has 0 spiro atoms. The molecule has 28 heavy (non-hydrogen) atoms. The molecule has 4 aromatic rings. The van der Waals surface area contributed by atoms with Gasteiger partial charge in [-0.3, -0.25) is 0 Å². The van der Waals surface area contributed by atoms with Crippen LogP contribution >= 0.6 is 14.8 Å². The molecule has 0 saturated carbocycles. The Hall–Kier alpha value is -2.51. The first-order chi connectivity index (χ1) is 13.3. The molecule has 0 amide bonds. The molecule has 0 fully saturated rings. The first-order valence-corrected chi connectivity index (χ1v) is 11.6. The van der Waals surface area contributed by atoms with Crippen molar-refractivity contribution in [3.8, 4) is 16.9 Å². The Kier molecular flexibility index (Phi) is 4.59. The number of hydrogen-bond acceptors (Lipinski definition) is 3. The quantitative estimate of drug-likeness (QED) is 0.349. The van der Waals surface area contributed by atoms with Crippen LogP contribution in [-0.4, -0.2) is 15.5 Å². The second-order valence-corrected chi connectivity index (χ2v) is 10.1. The average Bonchev–Trinajstić information content (AvgIpc) is 2.65. The number of rotatable bonds is 3. The minimum Gasteiger partial charge on any atom is -0.496 e. The summed E-state index contributed by atoms with van der Waals surface area (Å²) < 4.78 is 57.9. The summed E-state index contributed by atoms with van der Waals surface area (Å²) in [5.41, 5.74) is 0.860. The van der Waals surface area contributed by atoms with Crippen LogP contribution in [0, 0.1) is 11.6 Å². The van der Waals surface area contributed by atoms with Gasteiger partial charge in [0.15, 0.2) is 0 Å². The van der Waals surface area contributed by atoms with Crippen molar-refractivity contribution in [3.63, 3.8) is 0 Å². The van der Waals surface area contributed by atoms with Crippen LogP contribution in [0.3, 0.4) is 0 Å². The lowest BCUT2D eigenvalue weighted by atomic mass is 9.93. The van der Waals surface area contributed by atoms with E-state index < -0.39 is 19.9 Å². The molecule has 4 aromatic carbocycles. The first kappa shape index (κ1) is 18.8. The van der Waals surface area contributed by atoms with Gasteiger partial charge in [0.1, 0.15) is 17.4 Å². The molecule has 0 aromatic heterocycles. The fourth-order valence-corrected chi connectivity index (χ4v) is 4.95. The van der Waals surface area contributed by atoms with Gasteiger partial charge in [-0.15, -0.1) is 0 Å². The van der Waals surface area contributed by atoms with Crippen LogP contribution in [0.25, 0.3) is 32.7 Å². The second kappa shape index (κ2) is 6.83. The molecular weight excluding hydrogens is 450 g/mol. The van der Waals surface area contributed by atoms with Crippen molar-refractivity contribution in [2.75, 3.05) is 7.11 Å². The topological polar surface area (TPSA) is 43.4 Å². The molecule has 7 heteroatoms. The third-order valence-corrected chi connectivity index (χ3v) is 6.53. The largest absolute Gasteiger partial charge is 0.496 e. The number of methoxy groups -OCH3 is 1. The molecule has 0 unspecified atom stereocenters. The molecule has 0 bridgehead atoms. The van der Waals surface area contributed by atoms with Gasteiger partial charge in [-0.1, -0.05) is 24.3 Å². The second-order valence-electron chi connectivity index (χ2n) is 6.25. The summed E-state index contributed by atoms with van der Waals surface area (Å²) in [6.45, 7) is 0. The Morgan fingerprint density at radius 3 is 1.86 bits per heavy atom. The van der Waals surface area contributed by atoms with E-state index in [1.165, 1.54) is 43.5 Å². The molecule has 0 aliphatic carbocycles. The van der Waals surface area contributed by atoms with Gasteiger partial charge in [0.25, 0.3) is 0 Å². The number of halogens is 3. The third-order valence-electron chi connectivity index (χ3n) is 4.62. The van der Waals surface area contributed by atoms with Crippen LogP contribution in [0.5, 0.6) is 5.75 Å². The SMILES string of the molecule is COc1ccc2cc(F)ccc2c1-c1c(S(=O)(=O)Br)ccc2cc(F)ccc12. The molecular formula is C21H13BrF2O3S. The summed E-state index contributed by atoms with van der Waals surface area (Å²) in [6, 6.07) is 14.7. The number of ether oxygens (including phenoxy) is 1. The molecule has 0 atom stereocenters. The van der Waals surface area contributed by atoms with Gasteiger partial charge >= 0.3 is 0 Å². The van der Waals surface area contributed by atoms with Gasteiger partial charge in [-0.2, -0.15) is 0 Å². The van der Waals surface area contributed by atoms with Crippen LogP contribution in [0.15, 0.2) is 65.6 Å². The lowest BCUT2D eigenvalue weighted by Crippen LogP contribution is -1.99.